The summed E-state index contributed by atoms with van der Waals surface area (Å²) < 4.78 is 5.25. The van der Waals surface area contributed by atoms with Crippen molar-refractivity contribution in [3.05, 3.63) is 33.9 Å². The normalized spacial score (nSPS) is 11.3. The van der Waals surface area contributed by atoms with Crippen LogP contribution in [0.15, 0.2) is 23.2 Å². The van der Waals surface area contributed by atoms with Crippen LogP contribution in [0.2, 0.25) is 0 Å². The summed E-state index contributed by atoms with van der Waals surface area (Å²) in [4.78, 5) is 14.1. The van der Waals surface area contributed by atoms with Gasteiger partial charge in [0.05, 0.1) is 11.5 Å². The number of ether oxygens (including phenoxy) is 1. The number of nitro benzene ring substituents is 1. The van der Waals surface area contributed by atoms with E-state index in [1.165, 1.54) is 12.1 Å². The van der Waals surface area contributed by atoms with Gasteiger partial charge in [0.25, 0.3) is 5.69 Å². The molecule has 2 N–H and O–H groups in total. The number of aliphatic imine (C=N–C) groups is 1. The van der Waals surface area contributed by atoms with E-state index in [2.05, 4.69) is 4.99 Å². The lowest BCUT2D eigenvalue weighted by atomic mass is 10.1. The number of alkyl halides is 1. The Labute approximate surface area is 103 Å². The predicted molar refractivity (Wildman–Crippen MR) is 66.4 cm³/mol. The number of anilines is 1. The van der Waals surface area contributed by atoms with Crippen molar-refractivity contribution in [2.45, 2.75) is 6.92 Å². The molecule has 0 aliphatic rings. The number of benzene rings is 1. The Hall–Kier alpha value is -1.82. The Morgan fingerprint density at radius 3 is 2.88 bits per heavy atom. The maximum atomic E-state index is 10.7. The van der Waals surface area contributed by atoms with Crippen molar-refractivity contribution in [1.29, 1.82) is 0 Å². The molecular weight excluding hydrogens is 246 g/mol. The number of halogens is 1. The molecule has 7 heteroatoms. The Morgan fingerprint density at radius 1 is 1.65 bits per heavy atom. The predicted octanol–water partition coefficient (Wildman–Crippen LogP) is 2.16. The van der Waals surface area contributed by atoms with E-state index in [0.29, 0.717) is 12.2 Å². The van der Waals surface area contributed by atoms with Crippen LogP contribution >= 0.6 is 11.6 Å². The molecule has 0 spiro atoms. The highest BCUT2D eigenvalue weighted by Crippen LogP contribution is 2.22. The topological polar surface area (TPSA) is 90.8 Å². The molecule has 0 aliphatic carbocycles. The summed E-state index contributed by atoms with van der Waals surface area (Å²) in [6, 6.07) is 4.38. The van der Waals surface area contributed by atoms with Crippen LogP contribution in [0.25, 0.3) is 0 Å². The molecular formula is C10H12ClN3O3. The molecule has 0 aromatic heterocycles. The monoisotopic (exact) mass is 257 g/mol. The lowest BCUT2D eigenvalue weighted by molar-refractivity contribution is -0.383. The minimum Gasteiger partial charge on any atom is -0.478 e. The Kier molecular flexibility index (Phi) is 4.71. The van der Waals surface area contributed by atoms with Gasteiger partial charge in [0, 0.05) is 11.6 Å². The molecule has 0 unspecified atom stereocenters. The highest BCUT2D eigenvalue weighted by molar-refractivity contribution is 6.18. The van der Waals surface area contributed by atoms with Crippen LogP contribution in [-0.2, 0) is 4.74 Å². The zero-order valence-electron chi connectivity index (χ0n) is 9.22. The van der Waals surface area contributed by atoms with E-state index >= 15 is 0 Å². The summed E-state index contributed by atoms with van der Waals surface area (Å²) >= 11 is 5.49. The maximum absolute atomic E-state index is 10.7. The molecule has 0 bridgehead atoms. The number of nitrogen functional groups attached to an aromatic ring is 1. The molecule has 0 radical (unpaired) electrons. The van der Waals surface area contributed by atoms with E-state index < -0.39 is 4.92 Å². The minimum absolute atomic E-state index is 0.0213. The molecule has 0 fully saturated rings. The van der Waals surface area contributed by atoms with Crippen LogP contribution in [0.5, 0.6) is 0 Å². The Balaban J connectivity index is 3.17. The van der Waals surface area contributed by atoms with E-state index in [9.17, 15) is 10.1 Å². The van der Waals surface area contributed by atoms with Gasteiger partial charge >= 0.3 is 0 Å². The summed E-state index contributed by atoms with van der Waals surface area (Å²) in [5.74, 6) is 0.269. The average Bonchev–Trinajstić information content (AvgIpc) is 2.29. The molecule has 0 heterocycles. The number of nitro groups is 1. The van der Waals surface area contributed by atoms with E-state index in [1.807, 2.05) is 0 Å². The first-order valence-corrected chi connectivity index (χ1v) is 5.41. The van der Waals surface area contributed by atoms with Crippen LogP contribution in [0, 0.1) is 10.1 Å². The molecule has 6 nitrogen and oxygen atoms in total. The van der Waals surface area contributed by atoms with Gasteiger partial charge in [-0.05, 0) is 19.1 Å². The van der Waals surface area contributed by atoms with Crippen LogP contribution in [0.3, 0.4) is 0 Å². The van der Waals surface area contributed by atoms with Crippen molar-refractivity contribution in [1.82, 2.24) is 0 Å². The number of hydrogen-bond donors (Lipinski definition) is 1. The fourth-order valence-electron chi connectivity index (χ4n) is 1.25. The Morgan fingerprint density at radius 2 is 2.35 bits per heavy atom. The molecule has 92 valence electrons. The third-order valence-corrected chi connectivity index (χ3v) is 2.08. The second-order valence-electron chi connectivity index (χ2n) is 3.05. The van der Waals surface area contributed by atoms with E-state index in [-0.39, 0.29) is 23.3 Å². The molecule has 0 saturated carbocycles. The third-order valence-electron chi connectivity index (χ3n) is 1.96. The van der Waals surface area contributed by atoms with Gasteiger partial charge in [-0.2, -0.15) is 0 Å². The van der Waals surface area contributed by atoms with Gasteiger partial charge < -0.3 is 10.5 Å². The quantitative estimate of drug-likeness (QED) is 0.170. The number of nitrogens with two attached hydrogens (primary N) is 1. The van der Waals surface area contributed by atoms with E-state index in [0.717, 1.165) is 0 Å². The summed E-state index contributed by atoms with van der Waals surface area (Å²) in [5, 5.41) is 10.7. The summed E-state index contributed by atoms with van der Waals surface area (Å²) in [6.07, 6.45) is 0. The smallest absolute Gasteiger partial charge is 0.292 e. The largest absolute Gasteiger partial charge is 0.478 e. The fourth-order valence-corrected chi connectivity index (χ4v) is 1.35. The Bertz CT molecular complexity index is 448. The molecule has 0 amide bonds. The number of nitrogens with zero attached hydrogens (tertiary/aromatic N) is 2. The van der Waals surface area contributed by atoms with Crippen molar-refractivity contribution in [3.63, 3.8) is 0 Å². The van der Waals surface area contributed by atoms with Crippen molar-refractivity contribution >= 4 is 28.9 Å². The molecule has 0 aliphatic heterocycles. The minimum atomic E-state index is -0.552. The van der Waals surface area contributed by atoms with Crippen LogP contribution < -0.4 is 5.73 Å². The van der Waals surface area contributed by atoms with Crippen molar-refractivity contribution < 1.29 is 9.66 Å². The average molecular weight is 258 g/mol. The molecule has 0 atom stereocenters. The molecule has 1 rings (SSSR count). The van der Waals surface area contributed by atoms with Gasteiger partial charge in [-0.15, -0.1) is 11.6 Å². The van der Waals surface area contributed by atoms with Crippen LogP contribution in [0.4, 0.5) is 11.4 Å². The summed E-state index contributed by atoms with van der Waals surface area (Å²) in [6.45, 7) is 2.18. The van der Waals surface area contributed by atoms with Gasteiger partial charge in [0.15, 0.2) is 0 Å². The molecule has 0 saturated heterocycles. The van der Waals surface area contributed by atoms with Gasteiger partial charge in [-0.3, -0.25) is 10.1 Å². The first kappa shape index (κ1) is 13.2. The third kappa shape index (κ3) is 3.32. The maximum Gasteiger partial charge on any atom is 0.292 e. The first-order chi connectivity index (χ1) is 8.10. The van der Waals surface area contributed by atoms with E-state index in [4.69, 9.17) is 22.1 Å². The van der Waals surface area contributed by atoms with Gasteiger partial charge in [-0.25, -0.2) is 4.99 Å². The zero-order valence-corrected chi connectivity index (χ0v) is 9.98. The van der Waals surface area contributed by atoms with Crippen LogP contribution in [-0.4, -0.2) is 23.4 Å². The second-order valence-corrected chi connectivity index (χ2v) is 3.29. The van der Waals surface area contributed by atoms with Crippen molar-refractivity contribution in [2.75, 3.05) is 18.3 Å². The van der Waals surface area contributed by atoms with Crippen LogP contribution in [0.1, 0.15) is 12.5 Å². The van der Waals surface area contributed by atoms with Crippen molar-refractivity contribution in [3.8, 4) is 0 Å². The zero-order chi connectivity index (χ0) is 12.8. The fraction of sp³-hybridized carbons (Fsp3) is 0.300. The summed E-state index contributed by atoms with van der Waals surface area (Å²) in [7, 11) is 0. The lowest BCUT2D eigenvalue weighted by Gasteiger charge is -2.07. The highest BCUT2D eigenvalue weighted by atomic mass is 35.5. The summed E-state index contributed by atoms with van der Waals surface area (Å²) in [5.41, 5.74) is 5.89. The van der Waals surface area contributed by atoms with Gasteiger partial charge in [0.1, 0.15) is 11.7 Å². The lowest BCUT2D eigenvalue weighted by Crippen LogP contribution is -2.08. The molecule has 1 aromatic carbocycles. The highest BCUT2D eigenvalue weighted by Gasteiger charge is 2.15. The molecule has 1 aromatic rings. The molecule has 17 heavy (non-hydrogen) atoms. The number of rotatable bonds is 4. The number of hydrogen-bond acceptors (Lipinski definition) is 5. The standard InChI is InChI=1S/C10H12ClN3O3/c1-2-17-10(13-6-11)7-3-4-8(12)9(5-7)14(15)16/h3-5H,2,6,12H2,1H3/b13-10+. The SMILES string of the molecule is CCO/C(=N/CCl)c1ccc(N)c([N+](=O)[O-])c1. The first-order valence-electron chi connectivity index (χ1n) is 4.87. The second kappa shape index (κ2) is 6.05. The van der Waals surface area contributed by atoms with E-state index in [1.54, 1.807) is 13.0 Å². The van der Waals surface area contributed by atoms with Gasteiger partial charge in [-0.1, -0.05) is 0 Å². The van der Waals surface area contributed by atoms with Gasteiger partial charge in [0.2, 0.25) is 5.90 Å². The van der Waals surface area contributed by atoms with Crippen molar-refractivity contribution in [2.24, 2.45) is 4.99 Å².